The molecule has 0 fully saturated rings. The van der Waals surface area contributed by atoms with Crippen LogP contribution in [-0.4, -0.2) is 11.1 Å². The molecule has 1 N–H and O–H groups in total. The molecule has 0 atom stereocenters. The van der Waals surface area contributed by atoms with Crippen molar-refractivity contribution >= 4 is 21.9 Å². The number of carbonyl (C=O) groups is 1. The fourth-order valence-electron chi connectivity index (χ4n) is 1.38. The largest absolute Gasteiger partial charge is 0.488 e. The summed E-state index contributed by atoms with van der Waals surface area (Å²) in [6.07, 6.45) is 1.28. The zero-order valence-electron chi connectivity index (χ0n) is 9.02. The van der Waals surface area contributed by atoms with E-state index in [1.807, 2.05) is 0 Å². The molecule has 0 aliphatic heterocycles. The van der Waals surface area contributed by atoms with E-state index in [4.69, 9.17) is 14.3 Å². The van der Waals surface area contributed by atoms with Crippen molar-refractivity contribution in [3.8, 4) is 5.75 Å². The van der Waals surface area contributed by atoms with E-state index >= 15 is 0 Å². The first-order valence-corrected chi connectivity index (χ1v) is 5.74. The maximum Gasteiger partial charge on any atom is 0.372 e. The lowest BCUT2D eigenvalue weighted by Gasteiger charge is -2.07. The third-order valence-corrected chi connectivity index (χ3v) is 2.84. The molecule has 0 spiro atoms. The van der Waals surface area contributed by atoms with Gasteiger partial charge in [0.25, 0.3) is 0 Å². The van der Waals surface area contributed by atoms with Crippen molar-refractivity contribution in [3.63, 3.8) is 0 Å². The standard InChI is InChI=1S/C12H8BrFO4/c13-9-5-8(14)1-2-10(9)18-6-7-3-4-17-11(7)12(15)16/h1-5H,6H2,(H,15,16). The molecule has 0 aliphatic rings. The molecule has 4 nitrogen and oxygen atoms in total. The number of halogens is 2. The van der Waals surface area contributed by atoms with Crippen molar-refractivity contribution in [3.05, 3.63) is 52.1 Å². The Balaban J connectivity index is 2.11. The van der Waals surface area contributed by atoms with Gasteiger partial charge in [0.1, 0.15) is 18.2 Å². The third kappa shape index (κ3) is 2.70. The van der Waals surface area contributed by atoms with Gasteiger partial charge in [0, 0.05) is 5.56 Å². The summed E-state index contributed by atoms with van der Waals surface area (Å²) in [5.74, 6) is -1.28. The van der Waals surface area contributed by atoms with Gasteiger partial charge in [-0.1, -0.05) is 0 Å². The lowest BCUT2D eigenvalue weighted by atomic mass is 10.2. The van der Waals surface area contributed by atoms with Gasteiger partial charge in [0.15, 0.2) is 0 Å². The van der Waals surface area contributed by atoms with Crippen LogP contribution in [-0.2, 0) is 6.61 Å². The normalized spacial score (nSPS) is 10.3. The van der Waals surface area contributed by atoms with Crippen molar-refractivity contribution in [1.82, 2.24) is 0 Å². The summed E-state index contributed by atoms with van der Waals surface area (Å²) >= 11 is 3.15. The van der Waals surface area contributed by atoms with Gasteiger partial charge in [-0.3, -0.25) is 0 Å². The molecule has 0 amide bonds. The van der Waals surface area contributed by atoms with Gasteiger partial charge in [0.2, 0.25) is 5.76 Å². The summed E-state index contributed by atoms with van der Waals surface area (Å²) < 4.78 is 23.5. The predicted molar refractivity (Wildman–Crippen MR) is 64.1 cm³/mol. The van der Waals surface area contributed by atoms with E-state index in [0.717, 1.165) is 0 Å². The van der Waals surface area contributed by atoms with Crippen LogP contribution >= 0.6 is 15.9 Å². The lowest BCUT2D eigenvalue weighted by Crippen LogP contribution is -2.02. The van der Waals surface area contributed by atoms with Crippen molar-refractivity contribution in [2.24, 2.45) is 0 Å². The molecule has 2 aromatic rings. The van der Waals surface area contributed by atoms with Gasteiger partial charge in [-0.05, 0) is 40.2 Å². The Kier molecular flexibility index (Phi) is 3.66. The highest BCUT2D eigenvalue weighted by molar-refractivity contribution is 9.10. The molecular weight excluding hydrogens is 307 g/mol. The minimum Gasteiger partial charge on any atom is -0.488 e. The van der Waals surface area contributed by atoms with E-state index in [1.165, 1.54) is 30.5 Å². The Labute approximate surface area is 110 Å². The lowest BCUT2D eigenvalue weighted by molar-refractivity contribution is 0.0658. The number of hydrogen-bond acceptors (Lipinski definition) is 3. The van der Waals surface area contributed by atoms with E-state index in [1.54, 1.807) is 0 Å². The third-order valence-electron chi connectivity index (χ3n) is 2.22. The molecule has 0 radical (unpaired) electrons. The summed E-state index contributed by atoms with van der Waals surface area (Å²) in [6, 6.07) is 5.50. The molecule has 2 rings (SSSR count). The van der Waals surface area contributed by atoms with Crippen LogP contribution in [0.4, 0.5) is 4.39 Å². The monoisotopic (exact) mass is 314 g/mol. The number of benzene rings is 1. The maximum absolute atomic E-state index is 12.9. The SMILES string of the molecule is O=C(O)c1occc1COc1ccc(F)cc1Br. The van der Waals surface area contributed by atoms with Crippen LogP contribution in [0.2, 0.25) is 0 Å². The van der Waals surface area contributed by atoms with Crippen LogP contribution in [0.5, 0.6) is 5.75 Å². The van der Waals surface area contributed by atoms with Gasteiger partial charge in [-0.2, -0.15) is 0 Å². The van der Waals surface area contributed by atoms with E-state index in [9.17, 15) is 9.18 Å². The average molecular weight is 315 g/mol. The van der Waals surface area contributed by atoms with Crippen molar-refractivity contribution < 1.29 is 23.4 Å². The molecule has 0 unspecified atom stereocenters. The summed E-state index contributed by atoms with van der Waals surface area (Å²) in [5, 5.41) is 8.83. The van der Waals surface area contributed by atoms with E-state index in [-0.39, 0.29) is 18.2 Å². The summed E-state index contributed by atoms with van der Waals surface area (Å²) in [4.78, 5) is 10.8. The van der Waals surface area contributed by atoms with Gasteiger partial charge in [-0.15, -0.1) is 0 Å². The Morgan fingerprint density at radius 2 is 2.22 bits per heavy atom. The highest BCUT2D eigenvalue weighted by Crippen LogP contribution is 2.26. The maximum atomic E-state index is 12.9. The molecule has 0 saturated carbocycles. The minimum absolute atomic E-state index is 0.0301. The van der Waals surface area contributed by atoms with Gasteiger partial charge in [-0.25, -0.2) is 9.18 Å². The molecular formula is C12H8BrFO4. The average Bonchev–Trinajstić information content (AvgIpc) is 2.76. The Morgan fingerprint density at radius 1 is 1.44 bits per heavy atom. The molecule has 18 heavy (non-hydrogen) atoms. The number of ether oxygens (including phenoxy) is 1. The molecule has 0 aliphatic carbocycles. The first-order chi connectivity index (χ1) is 8.58. The number of rotatable bonds is 4. The van der Waals surface area contributed by atoms with Crippen molar-refractivity contribution in [2.75, 3.05) is 0 Å². The highest BCUT2D eigenvalue weighted by atomic mass is 79.9. The van der Waals surface area contributed by atoms with Crippen molar-refractivity contribution in [1.29, 1.82) is 0 Å². The second-order valence-corrected chi connectivity index (χ2v) is 4.30. The zero-order valence-corrected chi connectivity index (χ0v) is 10.6. The number of carboxylic acids is 1. The van der Waals surface area contributed by atoms with Crippen LogP contribution < -0.4 is 4.74 Å². The first-order valence-electron chi connectivity index (χ1n) is 4.95. The second-order valence-electron chi connectivity index (χ2n) is 3.44. The minimum atomic E-state index is -1.16. The summed E-state index contributed by atoms with van der Waals surface area (Å²) in [7, 11) is 0. The topological polar surface area (TPSA) is 59.7 Å². The second kappa shape index (κ2) is 5.22. The number of hydrogen-bond donors (Lipinski definition) is 1. The molecule has 0 saturated heterocycles. The number of carboxylic acid groups (broad SMARTS) is 1. The van der Waals surface area contributed by atoms with Crippen LogP contribution in [0.25, 0.3) is 0 Å². The Morgan fingerprint density at radius 3 is 2.89 bits per heavy atom. The van der Waals surface area contributed by atoms with Gasteiger partial charge >= 0.3 is 5.97 Å². The van der Waals surface area contributed by atoms with Crippen LogP contribution in [0.1, 0.15) is 16.1 Å². The molecule has 1 aromatic carbocycles. The molecule has 0 bridgehead atoms. The molecule has 1 heterocycles. The van der Waals surface area contributed by atoms with E-state index < -0.39 is 5.97 Å². The fourth-order valence-corrected chi connectivity index (χ4v) is 1.85. The zero-order chi connectivity index (χ0) is 13.1. The van der Waals surface area contributed by atoms with Crippen molar-refractivity contribution in [2.45, 2.75) is 6.61 Å². The first kappa shape index (κ1) is 12.6. The van der Waals surface area contributed by atoms with Crippen LogP contribution in [0.15, 0.2) is 39.4 Å². The molecule has 6 heteroatoms. The van der Waals surface area contributed by atoms with Gasteiger partial charge in [0.05, 0.1) is 10.7 Å². The van der Waals surface area contributed by atoms with E-state index in [0.29, 0.717) is 15.8 Å². The molecule has 1 aromatic heterocycles. The number of furan rings is 1. The summed E-state index contributed by atoms with van der Waals surface area (Å²) in [5.41, 5.74) is 0.415. The quantitative estimate of drug-likeness (QED) is 0.939. The van der Waals surface area contributed by atoms with Crippen LogP contribution in [0.3, 0.4) is 0 Å². The summed E-state index contributed by atoms with van der Waals surface area (Å²) in [6.45, 7) is 0.0301. The fraction of sp³-hybridized carbons (Fsp3) is 0.0833. The highest BCUT2D eigenvalue weighted by Gasteiger charge is 2.14. The Bertz CT molecular complexity index is 579. The van der Waals surface area contributed by atoms with Gasteiger partial charge < -0.3 is 14.3 Å². The Hall–Kier alpha value is -1.82. The number of aromatic carboxylic acids is 1. The predicted octanol–water partition coefficient (Wildman–Crippen LogP) is 3.46. The molecule has 94 valence electrons. The van der Waals surface area contributed by atoms with E-state index in [2.05, 4.69) is 15.9 Å². The van der Waals surface area contributed by atoms with Crippen LogP contribution in [0, 0.1) is 5.82 Å². The smallest absolute Gasteiger partial charge is 0.372 e.